The third kappa shape index (κ3) is 3.53. The molecule has 5 rings (SSSR count). The Morgan fingerprint density at radius 2 is 1.38 bits per heavy atom. The van der Waals surface area contributed by atoms with Gasteiger partial charge in [-0.3, -0.25) is 0 Å². The number of hydrogen-bond acceptors (Lipinski definition) is 2. The maximum absolute atomic E-state index is 6.05. The second kappa shape index (κ2) is 7.53. The Bertz CT molecular complexity index is 1260. The first kappa shape index (κ1) is 17.7. The van der Waals surface area contributed by atoms with E-state index in [1.165, 1.54) is 16.7 Å². The third-order valence-corrected chi connectivity index (χ3v) is 5.28. The average Bonchev–Trinajstić information content (AvgIpc) is 3.14. The van der Waals surface area contributed by atoms with Crippen molar-refractivity contribution in [3.05, 3.63) is 108 Å². The lowest BCUT2D eigenvalue weighted by Gasteiger charge is -2.10. The summed E-state index contributed by atoms with van der Waals surface area (Å²) in [5.41, 5.74) is 6.40. The van der Waals surface area contributed by atoms with Gasteiger partial charge in [0.05, 0.1) is 5.52 Å². The Balaban J connectivity index is 1.58. The van der Waals surface area contributed by atoms with E-state index in [0.29, 0.717) is 6.54 Å². The number of aromatic nitrogens is 3. The Hall–Kier alpha value is -3.43. The van der Waals surface area contributed by atoms with Crippen molar-refractivity contribution in [2.24, 2.45) is 0 Å². The molecule has 0 saturated heterocycles. The molecule has 0 N–H and O–H groups in total. The lowest BCUT2D eigenvalue weighted by molar-refractivity contribution is 0.834. The zero-order chi connectivity index (χ0) is 19.6. The van der Waals surface area contributed by atoms with Crippen molar-refractivity contribution in [2.75, 3.05) is 0 Å². The summed E-state index contributed by atoms with van der Waals surface area (Å²) in [6.07, 6.45) is 1.78. The Labute approximate surface area is 174 Å². The van der Waals surface area contributed by atoms with E-state index in [-0.39, 0.29) is 0 Å². The number of rotatable bonds is 4. The van der Waals surface area contributed by atoms with Crippen molar-refractivity contribution in [3.8, 4) is 22.5 Å². The quantitative estimate of drug-likeness (QED) is 0.349. The van der Waals surface area contributed by atoms with Gasteiger partial charge in [0.15, 0.2) is 5.65 Å². The van der Waals surface area contributed by atoms with Crippen LogP contribution in [0.5, 0.6) is 0 Å². The minimum Gasteiger partial charge on any atom is -0.318 e. The standard InChI is InChI=1S/C25H18ClN3/c26-22-14-8-18(9-15-22)17-29-23-7-4-16-27-24(23)28-25(29)21-12-10-20(11-13-21)19-5-2-1-3-6-19/h1-16H,17H2. The first-order chi connectivity index (χ1) is 14.3. The average molecular weight is 396 g/mol. The van der Waals surface area contributed by atoms with Crippen LogP contribution in [0.15, 0.2) is 97.2 Å². The highest BCUT2D eigenvalue weighted by atomic mass is 35.5. The van der Waals surface area contributed by atoms with E-state index in [2.05, 4.69) is 64.1 Å². The summed E-state index contributed by atoms with van der Waals surface area (Å²) in [5, 5.41) is 0.739. The van der Waals surface area contributed by atoms with Crippen molar-refractivity contribution in [3.63, 3.8) is 0 Å². The van der Waals surface area contributed by atoms with Crippen LogP contribution < -0.4 is 0 Å². The predicted octanol–water partition coefficient (Wildman–Crippen LogP) is 6.47. The highest BCUT2D eigenvalue weighted by Crippen LogP contribution is 2.28. The van der Waals surface area contributed by atoms with Crippen LogP contribution in [0.1, 0.15) is 5.56 Å². The van der Waals surface area contributed by atoms with Gasteiger partial charge in [-0.05, 0) is 41.0 Å². The minimum atomic E-state index is 0.704. The normalized spacial score (nSPS) is 11.1. The summed E-state index contributed by atoms with van der Waals surface area (Å²) in [7, 11) is 0. The Morgan fingerprint density at radius 1 is 0.690 bits per heavy atom. The molecule has 0 radical (unpaired) electrons. The summed E-state index contributed by atoms with van der Waals surface area (Å²) in [6, 6.07) is 30.9. The molecule has 2 heterocycles. The summed E-state index contributed by atoms with van der Waals surface area (Å²) in [4.78, 5) is 9.28. The minimum absolute atomic E-state index is 0.704. The molecule has 0 aliphatic rings. The highest BCUT2D eigenvalue weighted by molar-refractivity contribution is 6.30. The van der Waals surface area contributed by atoms with Crippen LogP contribution in [-0.4, -0.2) is 14.5 Å². The first-order valence-electron chi connectivity index (χ1n) is 9.49. The number of pyridine rings is 1. The molecule has 0 fully saturated rings. The van der Waals surface area contributed by atoms with E-state index in [4.69, 9.17) is 16.6 Å². The molecule has 0 unspecified atom stereocenters. The van der Waals surface area contributed by atoms with Crippen molar-refractivity contribution in [2.45, 2.75) is 6.54 Å². The molecule has 0 aliphatic carbocycles. The molecular weight excluding hydrogens is 378 g/mol. The number of fused-ring (bicyclic) bond motifs is 1. The topological polar surface area (TPSA) is 30.7 Å². The molecule has 0 aliphatic heterocycles. The number of hydrogen-bond donors (Lipinski definition) is 0. The van der Waals surface area contributed by atoms with Crippen molar-refractivity contribution in [1.82, 2.24) is 14.5 Å². The zero-order valence-corrected chi connectivity index (χ0v) is 16.4. The summed E-state index contributed by atoms with van der Waals surface area (Å²) >= 11 is 6.05. The van der Waals surface area contributed by atoms with Gasteiger partial charge in [0.2, 0.25) is 0 Å². The van der Waals surface area contributed by atoms with Crippen molar-refractivity contribution < 1.29 is 0 Å². The monoisotopic (exact) mass is 395 g/mol. The van der Waals surface area contributed by atoms with Gasteiger partial charge in [-0.15, -0.1) is 0 Å². The molecule has 0 amide bonds. The van der Waals surface area contributed by atoms with Gasteiger partial charge in [0, 0.05) is 23.3 Å². The van der Waals surface area contributed by atoms with Gasteiger partial charge in [0.1, 0.15) is 5.82 Å². The van der Waals surface area contributed by atoms with Crippen LogP contribution in [0.25, 0.3) is 33.7 Å². The SMILES string of the molecule is Clc1ccc(Cn2c(-c3ccc(-c4ccccc4)cc3)nc3ncccc32)cc1. The number of nitrogens with zero attached hydrogens (tertiary/aromatic N) is 3. The van der Waals surface area contributed by atoms with Crippen LogP contribution in [0.4, 0.5) is 0 Å². The Kier molecular flexibility index (Phi) is 4.59. The van der Waals surface area contributed by atoms with Gasteiger partial charge >= 0.3 is 0 Å². The fourth-order valence-electron chi connectivity index (χ4n) is 3.56. The molecule has 29 heavy (non-hydrogen) atoms. The maximum atomic E-state index is 6.05. The first-order valence-corrected chi connectivity index (χ1v) is 9.87. The van der Waals surface area contributed by atoms with E-state index in [1.54, 1.807) is 6.20 Å². The fraction of sp³-hybridized carbons (Fsp3) is 0.0400. The van der Waals surface area contributed by atoms with Gasteiger partial charge in [0.25, 0.3) is 0 Å². The van der Waals surface area contributed by atoms with E-state index >= 15 is 0 Å². The predicted molar refractivity (Wildman–Crippen MR) is 119 cm³/mol. The molecule has 0 saturated carbocycles. The smallest absolute Gasteiger partial charge is 0.178 e. The van der Waals surface area contributed by atoms with Crippen LogP contribution in [0.2, 0.25) is 5.02 Å². The molecule has 140 valence electrons. The Morgan fingerprint density at radius 3 is 2.14 bits per heavy atom. The lowest BCUT2D eigenvalue weighted by atomic mass is 10.0. The van der Waals surface area contributed by atoms with Crippen LogP contribution >= 0.6 is 11.6 Å². The van der Waals surface area contributed by atoms with Gasteiger partial charge in [-0.25, -0.2) is 9.97 Å². The summed E-state index contributed by atoms with van der Waals surface area (Å²) in [6.45, 7) is 0.704. The summed E-state index contributed by atoms with van der Waals surface area (Å²) < 4.78 is 2.21. The molecule has 0 atom stereocenters. The number of benzene rings is 3. The van der Waals surface area contributed by atoms with E-state index in [1.807, 2.05) is 36.4 Å². The summed E-state index contributed by atoms with van der Waals surface area (Å²) in [5.74, 6) is 0.910. The van der Waals surface area contributed by atoms with Crippen molar-refractivity contribution >= 4 is 22.8 Å². The van der Waals surface area contributed by atoms with E-state index < -0.39 is 0 Å². The second-order valence-electron chi connectivity index (χ2n) is 6.94. The molecule has 4 heteroatoms. The van der Waals surface area contributed by atoms with Crippen LogP contribution in [0.3, 0.4) is 0 Å². The second-order valence-corrected chi connectivity index (χ2v) is 7.37. The molecule has 5 aromatic rings. The molecule has 0 spiro atoms. The van der Waals surface area contributed by atoms with Gasteiger partial charge in [-0.2, -0.15) is 0 Å². The van der Waals surface area contributed by atoms with Crippen LogP contribution in [-0.2, 0) is 6.54 Å². The van der Waals surface area contributed by atoms with Gasteiger partial charge < -0.3 is 4.57 Å². The molecule has 3 nitrogen and oxygen atoms in total. The molecular formula is C25H18ClN3. The molecule has 2 aromatic heterocycles. The number of imidazole rings is 1. The number of halogens is 1. The van der Waals surface area contributed by atoms with E-state index in [9.17, 15) is 0 Å². The van der Waals surface area contributed by atoms with Crippen LogP contribution in [0, 0.1) is 0 Å². The maximum Gasteiger partial charge on any atom is 0.178 e. The third-order valence-electron chi connectivity index (χ3n) is 5.03. The lowest BCUT2D eigenvalue weighted by Crippen LogP contribution is -2.02. The largest absolute Gasteiger partial charge is 0.318 e. The fourth-order valence-corrected chi connectivity index (χ4v) is 3.68. The van der Waals surface area contributed by atoms with E-state index in [0.717, 1.165) is 27.6 Å². The van der Waals surface area contributed by atoms with Crippen molar-refractivity contribution in [1.29, 1.82) is 0 Å². The molecule has 0 bridgehead atoms. The highest BCUT2D eigenvalue weighted by Gasteiger charge is 2.14. The van der Waals surface area contributed by atoms with Gasteiger partial charge in [-0.1, -0.05) is 78.3 Å². The molecule has 3 aromatic carbocycles. The zero-order valence-electron chi connectivity index (χ0n) is 15.7.